The average molecular weight is 491 g/mol. The van der Waals surface area contributed by atoms with Crippen LogP contribution in [-0.2, 0) is 16.2 Å². The Labute approximate surface area is 210 Å². The first-order valence-corrected chi connectivity index (χ1v) is 11.7. The van der Waals surface area contributed by atoms with Crippen molar-refractivity contribution in [1.82, 2.24) is 9.80 Å². The fraction of sp³-hybridized carbons (Fsp3) is 0.214. The summed E-state index contributed by atoms with van der Waals surface area (Å²) in [7, 11) is 3.80. The minimum absolute atomic E-state index is 0.0639. The molecule has 0 unspecified atom stereocenters. The van der Waals surface area contributed by atoms with E-state index < -0.39 is 17.7 Å². The Bertz CT molecular complexity index is 1220. The summed E-state index contributed by atoms with van der Waals surface area (Å²) >= 11 is 6.06. The molecule has 1 aliphatic rings. The molecule has 1 aliphatic heterocycles. The summed E-state index contributed by atoms with van der Waals surface area (Å²) in [4.78, 5) is 29.5. The van der Waals surface area contributed by atoms with Gasteiger partial charge in [-0.2, -0.15) is 0 Å². The van der Waals surface area contributed by atoms with E-state index in [2.05, 4.69) is 0 Å². The number of amides is 1. The summed E-state index contributed by atoms with van der Waals surface area (Å²) < 4.78 is 5.82. The van der Waals surface area contributed by atoms with Crippen molar-refractivity contribution in [3.8, 4) is 5.75 Å². The monoisotopic (exact) mass is 490 g/mol. The van der Waals surface area contributed by atoms with Crippen molar-refractivity contribution >= 4 is 29.1 Å². The number of likely N-dealkylation sites (N-methyl/N-ethyl adjacent to an activating group) is 1. The van der Waals surface area contributed by atoms with E-state index in [1.165, 1.54) is 4.90 Å². The van der Waals surface area contributed by atoms with Gasteiger partial charge >= 0.3 is 0 Å². The number of carbonyl (C=O) groups is 2. The van der Waals surface area contributed by atoms with Crippen LogP contribution in [-0.4, -0.2) is 53.8 Å². The zero-order chi connectivity index (χ0) is 24.9. The third-order valence-corrected chi connectivity index (χ3v) is 6.14. The summed E-state index contributed by atoms with van der Waals surface area (Å²) in [5.74, 6) is -0.918. The first-order chi connectivity index (χ1) is 16.8. The Hall–Kier alpha value is -3.61. The number of hydrogen-bond acceptors (Lipinski definition) is 5. The maximum Gasteiger partial charge on any atom is 0.295 e. The molecule has 1 fully saturated rings. The Balaban J connectivity index is 1.65. The van der Waals surface area contributed by atoms with Gasteiger partial charge in [0, 0.05) is 23.7 Å². The maximum atomic E-state index is 13.1. The molecule has 1 saturated heterocycles. The molecule has 3 aromatic rings. The van der Waals surface area contributed by atoms with Crippen molar-refractivity contribution < 1.29 is 19.4 Å². The molecule has 0 bridgehead atoms. The van der Waals surface area contributed by atoms with Gasteiger partial charge in [-0.1, -0.05) is 54.1 Å². The van der Waals surface area contributed by atoms with Crippen LogP contribution >= 0.6 is 11.6 Å². The van der Waals surface area contributed by atoms with Gasteiger partial charge in [-0.3, -0.25) is 9.59 Å². The van der Waals surface area contributed by atoms with Gasteiger partial charge in [0.15, 0.2) is 0 Å². The summed E-state index contributed by atoms with van der Waals surface area (Å²) in [6.45, 7) is 1.33. The van der Waals surface area contributed by atoms with E-state index in [1.807, 2.05) is 49.3 Å². The van der Waals surface area contributed by atoms with Crippen molar-refractivity contribution in [1.29, 1.82) is 0 Å². The van der Waals surface area contributed by atoms with Crippen LogP contribution in [0.3, 0.4) is 0 Å². The molecule has 1 N–H and O–H groups in total. The fourth-order valence-electron chi connectivity index (χ4n) is 4.02. The number of likely N-dealkylation sites (tertiary alicyclic amines) is 1. The topological polar surface area (TPSA) is 70.1 Å². The molecular weight excluding hydrogens is 464 g/mol. The molecule has 0 saturated carbocycles. The minimum Gasteiger partial charge on any atom is -0.507 e. The highest BCUT2D eigenvalue weighted by molar-refractivity contribution is 6.46. The standard InChI is InChI=1S/C28H27ClN2O4/c1-30(2)16-17-31-25(20-8-12-22(29)13-9-20)24(27(33)28(31)34)26(32)21-10-14-23(15-11-21)35-18-19-6-4-3-5-7-19/h3-15,25,32H,16-18H2,1-2H3/b26-24+/t25-/m0/s1. The quantitative estimate of drug-likeness (QED) is 0.276. The molecule has 6 nitrogen and oxygen atoms in total. The van der Waals surface area contributed by atoms with Crippen molar-refractivity contribution in [2.75, 3.05) is 27.2 Å². The molecule has 1 amide bonds. The minimum atomic E-state index is -0.707. The Morgan fingerprint density at radius 2 is 1.63 bits per heavy atom. The highest BCUT2D eigenvalue weighted by Crippen LogP contribution is 2.39. The molecule has 0 radical (unpaired) electrons. The number of ether oxygens (including phenoxy) is 1. The van der Waals surface area contributed by atoms with Crippen LogP contribution in [0, 0.1) is 0 Å². The van der Waals surface area contributed by atoms with Gasteiger partial charge in [0.2, 0.25) is 0 Å². The van der Waals surface area contributed by atoms with E-state index in [0.29, 0.717) is 41.6 Å². The number of Topliss-reactive ketones (excluding diaryl/α,β-unsaturated/α-hetero) is 1. The van der Waals surface area contributed by atoms with Crippen LogP contribution in [0.5, 0.6) is 5.75 Å². The smallest absolute Gasteiger partial charge is 0.295 e. The van der Waals surface area contributed by atoms with Gasteiger partial charge in [-0.15, -0.1) is 0 Å². The molecule has 180 valence electrons. The number of ketones is 1. The van der Waals surface area contributed by atoms with Crippen LogP contribution < -0.4 is 4.74 Å². The van der Waals surface area contributed by atoms with Crippen LogP contribution in [0.1, 0.15) is 22.7 Å². The molecule has 3 aromatic carbocycles. The highest BCUT2D eigenvalue weighted by Gasteiger charge is 2.45. The van der Waals surface area contributed by atoms with E-state index in [1.54, 1.807) is 48.5 Å². The third-order valence-electron chi connectivity index (χ3n) is 5.89. The first-order valence-electron chi connectivity index (χ1n) is 11.3. The molecule has 4 rings (SSSR count). The lowest BCUT2D eigenvalue weighted by molar-refractivity contribution is -0.140. The lowest BCUT2D eigenvalue weighted by Gasteiger charge is -2.26. The lowest BCUT2D eigenvalue weighted by atomic mass is 9.95. The number of halogens is 1. The van der Waals surface area contributed by atoms with E-state index >= 15 is 0 Å². The number of rotatable bonds is 8. The normalized spacial score (nSPS) is 17.3. The summed E-state index contributed by atoms with van der Waals surface area (Å²) in [6.07, 6.45) is 0. The van der Waals surface area contributed by atoms with E-state index in [-0.39, 0.29) is 11.3 Å². The molecule has 0 spiro atoms. The molecule has 35 heavy (non-hydrogen) atoms. The van der Waals surface area contributed by atoms with Gasteiger partial charge in [0.1, 0.15) is 18.1 Å². The van der Waals surface area contributed by atoms with Gasteiger partial charge in [-0.25, -0.2) is 0 Å². The Morgan fingerprint density at radius 3 is 2.26 bits per heavy atom. The van der Waals surface area contributed by atoms with E-state index in [4.69, 9.17) is 16.3 Å². The van der Waals surface area contributed by atoms with Crippen molar-refractivity contribution in [2.45, 2.75) is 12.6 Å². The number of nitrogens with zero attached hydrogens (tertiary/aromatic N) is 2. The molecular formula is C28H27ClN2O4. The fourth-order valence-corrected chi connectivity index (χ4v) is 4.14. The van der Waals surface area contributed by atoms with Gasteiger partial charge in [-0.05, 0) is 61.6 Å². The highest BCUT2D eigenvalue weighted by atomic mass is 35.5. The maximum absolute atomic E-state index is 13.1. The van der Waals surface area contributed by atoms with Gasteiger partial charge < -0.3 is 19.6 Å². The molecule has 7 heteroatoms. The number of hydrogen-bond donors (Lipinski definition) is 1. The second-order valence-electron chi connectivity index (χ2n) is 8.65. The summed E-state index contributed by atoms with van der Waals surface area (Å²) in [5, 5.41) is 11.7. The number of aliphatic hydroxyl groups excluding tert-OH is 1. The number of benzene rings is 3. The van der Waals surface area contributed by atoms with Crippen LogP contribution in [0.4, 0.5) is 0 Å². The second-order valence-corrected chi connectivity index (χ2v) is 9.08. The largest absolute Gasteiger partial charge is 0.507 e. The van der Waals surface area contributed by atoms with Crippen molar-refractivity contribution in [2.24, 2.45) is 0 Å². The van der Waals surface area contributed by atoms with E-state index in [0.717, 1.165) is 5.56 Å². The molecule has 0 aliphatic carbocycles. The zero-order valence-electron chi connectivity index (χ0n) is 19.6. The van der Waals surface area contributed by atoms with E-state index in [9.17, 15) is 14.7 Å². The Kier molecular flexibility index (Phi) is 7.54. The number of carbonyl (C=O) groups excluding carboxylic acids is 2. The van der Waals surface area contributed by atoms with Gasteiger partial charge in [0.25, 0.3) is 11.7 Å². The molecule has 1 heterocycles. The third kappa shape index (κ3) is 5.56. The second kappa shape index (κ2) is 10.8. The van der Waals surface area contributed by atoms with Crippen LogP contribution in [0.15, 0.2) is 84.4 Å². The molecule has 1 atom stereocenters. The molecule has 0 aromatic heterocycles. The Morgan fingerprint density at radius 1 is 0.971 bits per heavy atom. The van der Waals surface area contributed by atoms with Crippen molar-refractivity contribution in [3.63, 3.8) is 0 Å². The zero-order valence-corrected chi connectivity index (χ0v) is 20.4. The van der Waals surface area contributed by atoms with Crippen molar-refractivity contribution in [3.05, 3.63) is 106 Å². The first kappa shape index (κ1) is 24.5. The lowest BCUT2D eigenvalue weighted by Crippen LogP contribution is -2.35. The summed E-state index contributed by atoms with van der Waals surface area (Å²) in [6, 6.07) is 22.9. The predicted molar refractivity (Wildman–Crippen MR) is 136 cm³/mol. The SMILES string of the molecule is CN(C)CCN1C(=O)C(=O)/C(=C(/O)c2ccc(OCc3ccccc3)cc2)[C@@H]1c1ccc(Cl)cc1. The number of aliphatic hydroxyl groups is 1. The average Bonchev–Trinajstić information content (AvgIpc) is 3.12. The van der Waals surface area contributed by atoms with Gasteiger partial charge in [0.05, 0.1) is 11.6 Å². The summed E-state index contributed by atoms with van der Waals surface area (Å²) in [5.41, 5.74) is 2.24. The van der Waals surface area contributed by atoms with Crippen LogP contribution in [0.25, 0.3) is 5.76 Å². The van der Waals surface area contributed by atoms with Crippen LogP contribution in [0.2, 0.25) is 5.02 Å². The predicted octanol–water partition coefficient (Wildman–Crippen LogP) is 4.90.